The Labute approximate surface area is 168 Å². The lowest BCUT2D eigenvalue weighted by molar-refractivity contribution is 0.118. The number of hydrogen-bond donors (Lipinski definition) is 0. The van der Waals surface area contributed by atoms with E-state index in [2.05, 4.69) is 4.98 Å². The van der Waals surface area contributed by atoms with Crippen LogP contribution in [0.3, 0.4) is 0 Å². The predicted molar refractivity (Wildman–Crippen MR) is 113 cm³/mol. The molecule has 0 aliphatic carbocycles. The van der Waals surface area contributed by atoms with Crippen LogP contribution in [0.2, 0.25) is 0 Å². The first-order chi connectivity index (χ1) is 14.2. The largest absolute Gasteiger partial charge is 0.497 e. The zero-order valence-corrected chi connectivity index (χ0v) is 16.6. The zero-order valence-electron chi connectivity index (χ0n) is 16.6. The van der Waals surface area contributed by atoms with Gasteiger partial charge in [-0.15, -0.1) is 0 Å². The predicted octanol–water partition coefficient (Wildman–Crippen LogP) is 4.81. The van der Waals surface area contributed by atoms with Crippen molar-refractivity contribution in [2.45, 2.75) is 26.4 Å². The number of nitrogens with zero attached hydrogens (tertiary/aromatic N) is 1. The minimum absolute atomic E-state index is 0.310. The van der Waals surface area contributed by atoms with E-state index in [0.717, 1.165) is 46.2 Å². The summed E-state index contributed by atoms with van der Waals surface area (Å²) in [6, 6.07) is 15.4. The van der Waals surface area contributed by atoms with Crippen molar-refractivity contribution in [3.05, 3.63) is 82.0 Å². The summed E-state index contributed by atoms with van der Waals surface area (Å²) in [7, 11) is 1.65. The summed E-state index contributed by atoms with van der Waals surface area (Å²) in [5, 5.41) is 2.37. The SMILES string of the molecule is COc1ccc(COCCCc2ncc3c(c2C)c(=O)oc2ccccc23)cc1. The third-order valence-corrected chi connectivity index (χ3v) is 5.14. The van der Waals surface area contributed by atoms with Gasteiger partial charge in [0.1, 0.15) is 11.3 Å². The number of hydrogen-bond acceptors (Lipinski definition) is 5. The van der Waals surface area contributed by atoms with Gasteiger partial charge >= 0.3 is 5.63 Å². The Kier molecular flexibility index (Phi) is 5.58. The van der Waals surface area contributed by atoms with Crippen molar-refractivity contribution in [1.82, 2.24) is 4.98 Å². The molecule has 0 aliphatic rings. The van der Waals surface area contributed by atoms with Crippen molar-refractivity contribution in [2.75, 3.05) is 13.7 Å². The van der Waals surface area contributed by atoms with E-state index in [9.17, 15) is 4.79 Å². The van der Waals surface area contributed by atoms with Gasteiger partial charge < -0.3 is 13.9 Å². The molecular weight excluding hydrogens is 366 g/mol. The molecule has 0 unspecified atom stereocenters. The highest BCUT2D eigenvalue weighted by Crippen LogP contribution is 2.25. The average Bonchev–Trinajstić information content (AvgIpc) is 2.75. The summed E-state index contributed by atoms with van der Waals surface area (Å²) in [6.07, 6.45) is 3.36. The number of ether oxygens (including phenoxy) is 2. The minimum atomic E-state index is -0.310. The highest BCUT2D eigenvalue weighted by atomic mass is 16.5. The van der Waals surface area contributed by atoms with Gasteiger partial charge in [-0.1, -0.05) is 30.3 Å². The van der Waals surface area contributed by atoms with Crippen molar-refractivity contribution in [2.24, 2.45) is 0 Å². The van der Waals surface area contributed by atoms with Gasteiger partial charge in [0.25, 0.3) is 0 Å². The van der Waals surface area contributed by atoms with Crippen molar-refractivity contribution in [1.29, 1.82) is 0 Å². The molecule has 148 valence electrons. The second kappa shape index (κ2) is 8.45. The van der Waals surface area contributed by atoms with E-state index >= 15 is 0 Å². The number of aryl methyl sites for hydroxylation is 2. The van der Waals surface area contributed by atoms with Gasteiger partial charge in [0.2, 0.25) is 0 Å². The zero-order chi connectivity index (χ0) is 20.2. The fraction of sp³-hybridized carbons (Fsp3) is 0.250. The van der Waals surface area contributed by atoms with Gasteiger partial charge in [0, 0.05) is 29.3 Å². The summed E-state index contributed by atoms with van der Waals surface area (Å²) in [4.78, 5) is 17.1. The number of benzene rings is 2. The molecular formula is C24H23NO4. The first kappa shape index (κ1) is 19.2. The standard InChI is InChI=1S/C24H23NO4/c1-16-21(7-5-13-28-15-17-9-11-18(27-2)12-10-17)25-14-20-19-6-3-4-8-22(19)29-24(26)23(16)20/h3-4,6,8-12,14H,5,7,13,15H2,1-2H3. The quantitative estimate of drug-likeness (QED) is 0.258. The molecule has 4 aromatic rings. The fourth-order valence-corrected chi connectivity index (χ4v) is 3.55. The van der Waals surface area contributed by atoms with Crippen LogP contribution in [0.25, 0.3) is 21.7 Å². The number of methoxy groups -OCH3 is 1. The first-order valence-electron chi connectivity index (χ1n) is 9.68. The van der Waals surface area contributed by atoms with Crippen LogP contribution >= 0.6 is 0 Å². The number of para-hydroxylation sites is 1. The number of fused-ring (bicyclic) bond motifs is 3. The van der Waals surface area contributed by atoms with E-state index < -0.39 is 0 Å². The molecule has 0 aliphatic heterocycles. The van der Waals surface area contributed by atoms with Crippen LogP contribution in [-0.2, 0) is 17.8 Å². The van der Waals surface area contributed by atoms with Gasteiger partial charge in [-0.25, -0.2) is 4.79 Å². The molecule has 0 bridgehead atoms. The van der Waals surface area contributed by atoms with E-state index in [1.807, 2.05) is 49.4 Å². The molecule has 5 nitrogen and oxygen atoms in total. The average molecular weight is 389 g/mol. The minimum Gasteiger partial charge on any atom is -0.497 e. The Hall–Kier alpha value is -3.18. The summed E-state index contributed by atoms with van der Waals surface area (Å²) >= 11 is 0. The van der Waals surface area contributed by atoms with E-state index in [1.54, 1.807) is 19.4 Å². The molecule has 0 radical (unpaired) electrons. The van der Waals surface area contributed by atoms with Crippen LogP contribution in [0, 0.1) is 6.92 Å². The van der Waals surface area contributed by atoms with E-state index in [-0.39, 0.29) is 5.63 Å². The summed E-state index contributed by atoms with van der Waals surface area (Å²) in [5.74, 6) is 0.837. The number of pyridine rings is 1. The van der Waals surface area contributed by atoms with E-state index in [0.29, 0.717) is 24.2 Å². The normalized spacial score (nSPS) is 11.2. The van der Waals surface area contributed by atoms with E-state index in [4.69, 9.17) is 13.9 Å². The highest BCUT2D eigenvalue weighted by molar-refractivity contribution is 6.04. The van der Waals surface area contributed by atoms with E-state index in [1.165, 1.54) is 0 Å². The smallest absolute Gasteiger partial charge is 0.344 e. The van der Waals surface area contributed by atoms with Crippen LogP contribution in [0.15, 0.2) is 63.9 Å². The molecule has 0 amide bonds. The molecule has 0 saturated heterocycles. The van der Waals surface area contributed by atoms with Gasteiger partial charge in [-0.3, -0.25) is 4.98 Å². The Bertz CT molecular complexity index is 1200. The second-order valence-electron chi connectivity index (χ2n) is 7.01. The molecule has 4 rings (SSSR count). The molecule has 2 aromatic carbocycles. The van der Waals surface area contributed by atoms with Crippen molar-refractivity contribution in [3.63, 3.8) is 0 Å². The Morgan fingerprint density at radius 1 is 1.03 bits per heavy atom. The van der Waals surface area contributed by atoms with Crippen molar-refractivity contribution in [3.8, 4) is 5.75 Å². The Morgan fingerprint density at radius 2 is 1.83 bits per heavy atom. The molecule has 29 heavy (non-hydrogen) atoms. The summed E-state index contributed by atoms with van der Waals surface area (Å²) in [6.45, 7) is 3.12. The van der Waals surface area contributed by atoms with Crippen LogP contribution < -0.4 is 10.4 Å². The first-order valence-corrected chi connectivity index (χ1v) is 9.68. The number of aromatic nitrogens is 1. The maximum Gasteiger partial charge on any atom is 0.344 e. The van der Waals surface area contributed by atoms with Crippen molar-refractivity contribution < 1.29 is 13.9 Å². The van der Waals surface area contributed by atoms with Crippen LogP contribution in [0.4, 0.5) is 0 Å². The molecule has 0 atom stereocenters. The van der Waals surface area contributed by atoms with Crippen LogP contribution in [0.5, 0.6) is 5.75 Å². The van der Waals surface area contributed by atoms with Crippen LogP contribution in [-0.4, -0.2) is 18.7 Å². The number of rotatable bonds is 7. The van der Waals surface area contributed by atoms with Gasteiger partial charge in [-0.05, 0) is 49.1 Å². The fourth-order valence-electron chi connectivity index (χ4n) is 3.55. The lowest BCUT2D eigenvalue weighted by atomic mass is 10.0. The molecule has 0 fully saturated rings. The molecule has 0 N–H and O–H groups in total. The second-order valence-corrected chi connectivity index (χ2v) is 7.01. The molecule has 2 aromatic heterocycles. The topological polar surface area (TPSA) is 61.6 Å². The Morgan fingerprint density at radius 3 is 2.62 bits per heavy atom. The summed E-state index contributed by atoms with van der Waals surface area (Å²) in [5.41, 5.74) is 3.18. The molecule has 2 heterocycles. The maximum absolute atomic E-state index is 12.5. The molecule has 0 spiro atoms. The van der Waals surface area contributed by atoms with Gasteiger partial charge in [0.15, 0.2) is 0 Å². The third-order valence-electron chi connectivity index (χ3n) is 5.14. The van der Waals surface area contributed by atoms with Crippen LogP contribution in [0.1, 0.15) is 23.2 Å². The lowest BCUT2D eigenvalue weighted by Crippen LogP contribution is -2.07. The van der Waals surface area contributed by atoms with Crippen molar-refractivity contribution >= 4 is 21.7 Å². The monoisotopic (exact) mass is 389 g/mol. The van der Waals surface area contributed by atoms with Gasteiger partial charge in [-0.2, -0.15) is 0 Å². The maximum atomic E-state index is 12.5. The molecule has 0 saturated carbocycles. The molecule has 5 heteroatoms. The van der Waals surface area contributed by atoms with Gasteiger partial charge in [0.05, 0.1) is 19.1 Å². The Balaban J connectivity index is 1.43. The highest BCUT2D eigenvalue weighted by Gasteiger charge is 2.13. The third kappa shape index (κ3) is 4.00. The summed E-state index contributed by atoms with van der Waals surface area (Å²) < 4.78 is 16.4. The lowest BCUT2D eigenvalue weighted by Gasteiger charge is -2.10.